The molecule has 1 aromatic rings. The summed E-state index contributed by atoms with van der Waals surface area (Å²) in [6, 6.07) is 0.339. The van der Waals surface area contributed by atoms with Crippen molar-refractivity contribution in [2.45, 2.75) is 19.9 Å². The Morgan fingerprint density at radius 3 is 3.13 bits per heavy atom. The Labute approximate surface area is 88.5 Å². The molecule has 0 bridgehead atoms. The second-order valence-corrected chi connectivity index (χ2v) is 3.87. The van der Waals surface area contributed by atoms with E-state index < -0.39 is 0 Å². The van der Waals surface area contributed by atoms with Crippen LogP contribution in [0.3, 0.4) is 0 Å². The number of nitrogens with one attached hydrogen (secondary N) is 1. The van der Waals surface area contributed by atoms with E-state index in [1.54, 1.807) is 11.8 Å². The zero-order valence-corrected chi connectivity index (χ0v) is 8.99. The molecular weight excluding hydrogens is 194 g/mol. The van der Waals surface area contributed by atoms with Crippen molar-refractivity contribution in [3.63, 3.8) is 0 Å². The number of rotatable bonds is 1. The smallest absolute Gasteiger partial charge is 0.291 e. The van der Waals surface area contributed by atoms with E-state index in [2.05, 4.69) is 17.2 Å². The Morgan fingerprint density at radius 2 is 2.53 bits per heavy atom. The number of amides is 1. The van der Waals surface area contributed by atoms with Gasteiger partial charge in [-0.15, -0.1) is 0 Å². The second-order valence-electron chi connectivity index (χ2n) is 3.87. The molecule has 5 heteroatoms. The number of oxazole rings is 1. The zero-order valence-electron chi connectivity index (χ0n) is 8.99. The highest BCUT2D eigenvalue weighted by Gasteiger charge is 2.25. The standard InChI is InChI=1S/C10H15N3O2/c1-7-5-13(4-3-11-7)10(14)9-8(2)12-6-15-9/h6-7,11H,3-5H2,1-2H3. The molecule has 1 amide bonds. The Morgan fingerprint density at radius 1 is 1.73 bits per heavy atom. The Bertz CT molecular complexity index is 361. The molecule has 2 rings (SSSR count). The van der Waals surface area contributed by atoms with Gasteiger partial charge in [-0.1, -0.05) is 0 Å². The third kappa shape index (κ3) is 2.02. The van der Waals surface area contributed by atoms with Gasteiger partial charge in [0.05, 0.1) is 5.69 Å². The number of carbonyl (C=O) groups is 1. The van der Waals surface area contributed by atoms with Crippen LogP contribution in [0.25, 0.3) is 0 Å². The van der Waals surface area contributed by atoms with E-state index in [0.717, 1.165) is 19.6 Å². The molecule has 1 atom stereocenters. The second kappa shape index (κ2) is 4.02. The molecule has 0 radical (unpaired) electrons. The van der Waals surface area contributed by atoms with Crippen LogP contribution in [0.1, 0.15) is 23.2 Å². The molecule has 1 unspecified atom stereocenters. The monoisotopic (exact) mass is 209 g/mol. The molecule has 2 heterocycles. The van der Waals surface area contributed by atoms with E-state index in [9.17, 15) is 4.79 Å². The van der Waals surface area contributed by atoms with Crippen LogP contribution in [-0.2, 0) is 0 Å². The highest BCUT2D eigenvalue weighted by molar-refractivity contribution is 5.92. The molecule has 82 valence electrons. The van der Waals surface area contributed by atoms with Gasteiger partial charge < -0.3 is 14.6 Å². The van der Waals surface area contributed by atoms with E-state index in [-0.39, 0.29) is 5.91 Å². The van der Waals surface area contributed by atoms with Gasteiger partial charge >= 0.3 is 0 Å². The lowest BCUT2D eigenvalue weighted by Crippen LogP contribution is -2.51. The highest BCUT2D eigenvalue weighted by Crippen LogP contribution is 2.10. The minimum atomic E-state index is -0.0571. The summed E-state index contributed by atoms with van der Waals surface area (Å²) in [5.74, 6) is 0.308. The number of hydrogen-bond acceptors (Lipinski definition) is 4. The fourth-order valence-electron chi connectivity index (χ4n) is 1.77. The van der Waals surface area contributed by atoms with Gasteiger partial charge in [0.2, 0.25) is 5.76 Å². The Balaban J connectivity index is 2.11. The Kier molecular flexibility index (Phi) is 2.73. The van der Waals surface area contributed by atoms with Gasteiger partial charge in [0, 0.05) is 25.7 Å². The number of nitrogens with zero attached hydrogens (tertiary/aromatic N) is 2. The summed E-state index contributed by atoms with van der Waals surface area (Å²) in [4.78, 5) is 17.7. The lowest BCUT2D eigenvalue weighted by atomic mass is 10.2. The van der Waals surface area contributed by atoms with E-state index in [1.807, 2.05) is 0 Å². The van der Waals surface area contributed by atoms with Gasteiger partial charge in [-0.05, 0) is 13.8 Å². The lowest BCUT2D eigenvalue weighted by Gasteiger charge is -2.31. The van der Waals surface area contributed by atoms with Crippen molar-refractivity contribution < 1.29 is 9.21 Å². The third-order valence-electron chi connectivity index (χ3n) is 2.60. The first-order valence-corrected chi connectivity index (χ1v) is 5.11. The van der Waals surface area contributed by atoms with Gasteiger partial charge in [-0.25, -0.2) is 4.98 Å². The average molecular weight is 209 g/mol. The topological polar surface area (TPSA) is 58.4 Å². The first-order valence-electron chi connectivity index (χ1n) is 5.11. The van der Waals surface area contributed by atoms with Crippen molar-refractivity contribution in [3.05, 3.63) is 17.8 Å². The summed E-state index contributed by atoms with van der Waals surface area (Å²) < 4.78 is 5.09. The van der Waals surface area contributed by atoms with E-state index in [0.29, 0.717) is 17.5 Å². The van der Waals surface area contributed by atoms with Crippen LogP contribution >= 0.6 is 0 Å². The van der Waals surface area contributed by atoms with Crippen LogP contribution in [0, 0.1) is 6.92 Å². The summed E-state index contributed by atoms with van der Waals surface area (Å²) in [5, 5.41) is 3.29. The van der Waals surface area contributed by atoms with Crippen molar-refractivity contribution in [1.82, 2.24) is 15.2 Å². The molecule has 0 saturated carbocycles. The molecule has 0 aromatic carbocycles. The predicted octanol–water partition coefficient (Wildman–Crippen LogP) is 0.417. The largest absolute Gasteiger partial charge is 0.438 e. The van der Waals surface area contributed by atoms with Gasteiger partial charge in [-0.2, -0.15) is 0 Å². The summed E-state index contributed by atoms with van der Waals surface area (Å²) in [6.07, 6.45) is 1.31. The zero-order chi connectivity index (χ0) is 10.8. The maximum atomic E-state index is 12.0. The number of carbonyl (C=O) groups excluding carboxylic acids is 1. The average Bonchev–Trinajstić information content (AvgIpc) is 2.63. The SMILES string of the molecule is Cc1ncoc1C(=O)N1CCNC(C)C1. The van der Waals surface area contributed by atoms with Crippen molar-refractivity contribution in [1.29, 1.82) is 0 Å². The molecule has 1 aliphatic rings. The summed E-state index contributed by atoms with van der Waals surface area (Å²) in [6.45, 7) is 6.12. The maximum absolute atomic E-state index is 12.0. The first kappa shape index (κ1) is 10.2. The van der Waals surface area contributed by atoms with Crippen molar-refractivity contribution >= 4 is 5.91 Å². The normalized spacial score (nSPS) is 21.7. The molecule has 5 nitrogen and oxygen atoms in total. The fourth-order valence-corrected chi connectivity index (χ4v) is 1.77. The van der Waals surface area contributed by atoms with Crippen LogP contribution in [0.15, 0.2) is 10.8 Å². The number of piperazine rings is 1. The summed E-state index contributed by atoms with van der Waals surface area (Å²) in [7, 11) is 0. The van der Waals surface area contributed by atoms with Crippen molar-refractivity contribution in [3.8, 4) is 0 Å². The number of aromatic nitrogens is 1. The molecule has 15 heavy (non-hydrogen) atoms. The van der Waals surface area contributed by atoms with Crippen LogP contribution in [0.5, 0.6) is 0 Å². The van der Waals surface area contributed by atoms with Crippen LogP contribution in [-0.4, -0.2) is 41.5 Å². The van der Waals surface area contributed by atoms with Crippen LogP contribution in [0.4, 0.5) is 0 Å². The molecular formula is C10H15N3O2. The van der Waals surface area contributed by atoms with Gasteiger partial charge in [0.15, 0.2) is 6.39 Å². The minimum Gasteiger partial charge on any atom is -0.438 e. The van der Waals surface area contributed by atoms with Gasteiger partial charge in [0.1, 0.15) is 0 Å². The lowest BCUT2D eigenvalue weighted by molar-refractivity contribution is 0.0676. The van der Waals surface area contributed by atoms with Crippen molar-refractivity contribution in [2.75, 3.05) is 19.6 Å². The quantitative estimate of drug-likeness (QED) is 0.728. The minimum absolute atomic E-state index is 0.0571. The molecule has 1 aliphatic heterocycles. The van der Waals surface area contributed by atoms with Crippen LogP contribution < -0.4 is 5.32 Å². The van der Waals surface area contributed by atoms with E-state index in [4.69, 9.17) is 4.42 Å². The molecule has 1 fully saturated rings. The summed E-state index contributed by atoms with van der Waals surface area (Å²) in [5.41, 5.74) is 0.659. The van der Waals surface area contributed by atoms with Crippen molar-refractivity contribution in [2.24, 2.45) is 0 Å². The molecule has 1 aromatic heterocycles. The summed E-state index contributed by atoms with van der Waals surface area (Å²) >= 11 is 0. The van der Waals surface area contributed by atoms with Crippen LogP contribution in [0.2, 0.25) is 0 Å². The predicted molar refractivity (Wildman–Crippen MR) is 54.6 cm³/mol. The fraction of sp³-hybridized carbons (Fsp3) is 0.600. The number of hydrogen-bond donors (Lipinski definition) is 1. The van der Waals surface area contributed by atoms with Gasteiger partial charge in [-0.3, -0.25) is 4.79 Å². The molecule has 1 N–H and O–H groups in total. The van der Waals surface area contributed by atoms with Gasteiger partial charge in [0.25, 0.3) is 5.91 Å². The molecule has 1 saturated heterocycles. The Hall–Kier alpha value is -1.36. The highest BCUT2D eigenvalue weighted by atomic mass is 16.3. The first-order chi connectivity index (χ1) is 7.18. The molecule has 0 spiro atoms. The number of aryl methyl sites for hydroxylation is 1. The maximum Gasteiger partial charge on any atom is 0.291 e. The third-order valence-corrected chi connectivity index (χ3v) is 2.60. The van der Waals surface area contributed by atoms with E-state index >= 15 is 0 Å². The van der Waals surface area contributed by atoms with E-state index in [1.165, 1.54) is 6.39 Å². The molecule has 0 aliphatic carbocycles.